The topological polar surface area (TPSA) is 78.9 Å². The van der Waals surface area contributed by atoms with Crippen LogP contribution in [0, 0.1) is 50.2 Å². The van der Waals surface area contributed by atoms with Crippen LogP contribution >= 0.6 is 0 Å². The number of Topliss-reactive ketones (excluding diaryl/α,β-unsaturated/α-hetero) is 1. The molecule has 6 nitrogen and oxygen atoms in total. The Balaban J connectivity index is 1.45. The highest BCUT2D eigenvalue weighted by molar-refractivity contribution is 6.00. The van der Waals surface area contributed by atoms with Crippen molar-refractivity contribution >= 4 is 17.7 Å². The summed E-state index contributed by atoms with van der Waals surface area (Å²) in [6.07, 6.45) is 7.42. The SMILES string of the molecule is COC(=O)[C@]12CCC(C)(C)C[C@H]1[C@]13O[C@H](C1=O)[C@@H]1[C@@]4(C)CC[C@H](OC(C)=O)C(C)(C)[C@@H]4CC[C@@]1(C)[C@]3(C)CC2. The van der Waals surface area contributed by atoms with E-state index in [1.165, 1.54) is 14.0 Å². The van der Waals surface area contributed by atoms with E-state index < -0.39 is 17.1 Å². The second-order valence-corrected chi connectivity index (χ2v) is 16.5. The average Bonchev–Trinajstić information content (AvgIpc) is 2.84. The van der Waals surface area contributed by atoms with Gasteiger partial charge in [-0.25, -0.2) is 0 Å². The van der Waals surface area contributed by atoms with Crippen LogP contribution < -0.4 is 0 Å². The summed E-state index contributed by atoms with van der Waals surface area (Å²) >= 11 is 0. The Hall–Kier alpha value is -1.43. The number of ketones is 1. The van der Waals surface area contributed by atoms with E-state index >= 15 is 0 Å². The fourth-order valence-corrected chi connectivity index (χ4v) is 12.2. The molecular weight excluding hydrogens is 492 g/mol. The fourth-order valence-electron chi connectivity index (χ4n) is 12.2. The highest BCUT2D eigenvalue weighted by Crippen LogP contribution is 2.81. The first-order valence-corrected chi connectivity index (χ1v) is 15.4. The van der Waals surface area contributed by atoms with E-state index in [1.54, 1.807) is 0 Å². The molecule has 0 amide bonds. The molecule has 2 heterocycles. The number of rotatable bonds is 2. The number of hydrogen-bond donors (Lipinski definition) is 0. The minimum absolute atomic E-state index is 0.0461. The molecule has 2 aliphatic heterocycles. The molecule has 2 saturated heterocycles. The monoisotopic (exact) mass is 542 g/mol. The zero-order valence-corrected chi connectivity index (χ0v) is 25.7. The van der Waals surface area contributed by atoms with Crippen LogP contribution in [0.5, 0.6) is 0 Å². The van der Waals surface area contributed by atoms with E-state index in [4.69, 9.17) is 14.2 Å². The predicted molar refractivity (Wildman–Crippen MR) is 147 cm³/mol. The Bertz CT molecular complexity index is 1130. The molecule has 0 N–H and O–H groups in total. The molecule has 1 spiro atoms. The lowest BCUT2D eigenvalue weighted by Crippen LogP contribution is -2.88. The van der Waals surface area contributed by atoms with Gasteiger partial charge in [-0.2, -0.15) is 0 Å². The molecule has 5 aliphatic carbocycles. The summed E-state index contributed by atoms with van der Waals surface area (Å²) in [6, 6.07) is 0. The van der Waals surface area contributed by atoms with Crippen LogP contribution in [0.3, 0.4) is 0 Å². The number of ether oxygens (including phenoxy) is 3. The van der Waals surface area contributed by atoms with Crippen molar-refractivity contribution in [2.75, 3.05) is 7.11 Å². The Kier molecular flexibility index (Phi) is 5.61. The third-order valence-corrected chi connectivity index (χ3v) is 14.3. The zero-order valence-electron chi connectivity index (χ0n) is 25.7. The van der Waals surface area contributed by atoms with Crippen molar-refractivity contribution in [1.82, 2.24) is 0 Å². The van der Waals surface area contributed by atoms with Gasteiger partial charge in [0.1, 0.15) is 17.8 Å². The zero-order chi connectivity index (χ0) is 28.6. The first-order valence-electron chi connectivity index (χ1n) is 15.4. The lowest BCUT2D eigenvalue weighted by molar-refractivity contribution is -0.390. The van der Waals surface area contributed by atoms with E-state index in [0.29, 0.717) is 5.92 Å². The Morgan fingerprint density at radius 1 is 0.872 bits per heavy atom. The normalized spacial score (nSPS) is 52.6. The highest BCUT2D eigenvalue weighted by Gasteiger charge is 2.87. The molecule has 7 rings (SSSR count). The molecular formula is C33H50O6. The summed E-state index contributed by atoms with van der Waals surface area (Å²) in [7, 11) is 1.50. The van der Waals surface area contributed by atoms with Gasteiger partial charge in [-0.1, -0.05) is 48.5 Å². The Labute approximate surface area is 234 Å². The van der Waals surface area contributed by atoms with Crippen LogP contribution in [0.4, 0.5) is 0 Å². The molecule has 0 radical (unpaired) electrons. The molecule has 0 aromatic rings. The summed E-state index contributed by atoms with van der Waals surface area (Å²) in [5.74, 6) is 0.195. The van der Waals surface area contributed by atoms with Crippen LogP contribution in [0.25, 0.3) is 0 Å². The van der Waals surface area contributed by atoms with Gasteiger partial charge in [0.25, 0.3) is 0 Å². The minimum atomic E-state index is -0.916. The van der Waals surface area contributed by atoms with E-state index in [2.05, 4.69) is 48.5 Å². The third-order valence-electron chi connectivity index (χ3n) is 14.3. The van der Waals surface area contributed by atoms with Crippen molar-refractivity contribution in [3.63, 3.8) is 0 Å². The quantitative estimate of drug-likeness (QED) is 0.382. The fraction of sp³-hybridized carbons (Fsp3) is 0.909. The van der Waals surface area contributed by atoms with Crippen molar-refractivity contribution in [3.8, 4) is 0 Å². The maximum atomic E-state index is 14.8. The summed E-state index contributed by atoms with van der Waals surface area (Å²) in [4.78, 5) is 40.3. The van der Waals surface area contributed by atoms with Gasteiger partial charge in [0.2, 0.25) is 0 Å². The molecule has 10 atom stereocenters. The molecule has 39 heavy (non-hydrogen) atoms. The lowest BCUT2D eigenvalue weighted by Gasteiger charge is -2.81. The Morgan fingerprint density at radius 3 is 2.15 bits per heavy atom. The van der Waals surface area contributed by atoms with Crippen LogP contribution in [-0.4, -0.2) is 42.6 Å². The molecule has 0 unspecified atom stereocenters. The van der Waals surface area contributed by atoms with Crippen molar-refractivity contribution in [2.45, 2.75) is 131 Å². The minimum Gasteiger partial charge on any atom is -0.469 e. The number of hydrogen-bond acceptors (Lipinski definition) is 6. The number of carbonyl (C=O) groups is 3. The molecule has 7 aliphatic rings. The van der Waals surface area contributed by atoms with Crippen LogP contribution in [0.1, 0.15) is 113 Å². The van der Waals surface area contributed by atoms with E-state index in [0.717, 1.165) is 57.8 Å². The van der Waals surface area contributed by atoms with Gasteiger partial charge in [0, 0.05) is 29.6 Å². The molecule has 218 valence electrons. The van der Waals surface area contributed by atoms with E-state index in [9.17, 15) is 14.4 Å². The van der Waals surface area contributed by atoms with Crippen molar-refractivity contribution in [1.29, 1.82) is 0 Å². The van der Waals surface area contributed by atoms with Crippen molar-refractivity contribution < 1.29 is 28.6 Å². The number of methoxy groups -OCH3 is 1. The highest BCUT2D eigenvalue weighted by atomic mass is 16.6. The van der Waals surface area contributed by atoms with Gasteiger partial charge in [-0.15, -0.1) is 0 Å². The maximum Gasteiger partial charge on any atom is 0.312 e. The van der Waals surface area contributed by atoms with Gasteiger partial charge >= 0.3 is 11.9 Å². The largest absolute Gasteiger partial charge is 0.469 e. The first kappa shape index (κ1) is 27.7. The smallest absolute Gasteiger partial charge is 0.312 e. The molecule has 6 heteroatoms. The van der Waals surface area contributed by atoms with Gasteiger partial charge < -0.3 is 14.2 Å². The predicted octanol–water partition coefficient (Wildman–Crippen LogP) is 6.28. The second-order valence-electron chi connectivity index (χ2n) is 16.5. The maximum absolute atomic E-state index is 14.8. The van der Waals surface area contributed by atoms with Crippen molar-refractivity contribution in [3.05, 3.63) is 0 Å². The summed E-state index contributed by atoms with van der Waals surface area (Å²) in [6.45, 7) is 17.8. The molecule has 2 bridgehead atoms. The van der Waals surface area contributed by atoms with E-state index in [1.807, 2.05) is 0 Å². The van der Waals surface area contributed by atoms with Gasteiger partial charge in [0.05, 0.1) is 12.5 Å². The van der Waals surface area contributed by atoms with Gasteiger partial charge in [-0.05, 0) is 80.0 Å². The standard InChI is InChI=1S/C33H50O6/c1-19(34)38-22-11-12-29(6)20(28(22,4)5)10-13-30(7)24(29)23-25(35)33(39-23)21-18-27(2,3)14-16-32(21,26(36)37-9)17-15-31(30,33)8/h20-24H,10-18H2,1-9H3/t20-,21+,22-,23-,24+,29-,30+,31-,32-,33-/m0/s1. The second kappa shape index (κ2) is 7.89. The summed E-state index contributed by atoms with van der Waals surface area (Å²) in [5, 5.41) is 0. The van der Waals surface area contributed by atoms with E-state index in [-0.39, 0.29) is 62.7 Å². The number of carbonyl (C=O) groups excluding carboxylic acids is 3. The van der Waals surface area contributed by atoms with Crippen LogP contribution in [0.15, 0.2) is 0 Å². The average molecular weight is 543 g/mol. The molecule has 5 saturated carbocycles. The Morgan fingerprint density at radius 2 is 1.54 bits per heavy atom. The molecule has 7 fully saturated rings. The number of esters is 2. The third kappa shape index (κ3) is 3.01. The number of fused-ring (bicyclic) bond motifs is 2. The van der Waals surface area contributed by atoms with Crippen molar-refractivity contribution in [2.24, 2.45) is 50.2 Å². The van der Waals surface area contributed by atoms with Crippen LogP contribution in [-0.2, 0) is 28.6 Å². The first-order chi connectivity index (χ1) is 18.0. The lowest BCUT2D eigenvalue weighted by atomic mass is 9.27. The summed E-state index contributed by atoms with van der Waals surface area (Å²) in [5.41, 5.74) is -2.21. The summed E-state index contributed by atoms with van der Waals surface area (Å²) < 4.78 is 18.5. The van der Waals surface area contributed by atoms with Gasteiger partial charge in [0.15, 0.2) is 5.78 Å². The molecule has 0 aromatic carbocycles. The van der Waals surface area contributed by atoms with Gasteiger partial charge in [-0.3, -0.25) is 14.4 Å². The van der Waals surface area contributed by atoms with Crippen LogP contribution in [0.2, 0.25) is 0 Å². The molecule has 0 aromatic heterocycles.